The number of nitrogens with zero attached hydrogens (tertiary/aromatic N) is 1. The van der Waals surface area contributed by atoms with E-state index in [0.717, 1.165) is 10.5 Å². The fourth-order valence-corrected chi connectivity index (χ4v) is 3.38. The molecule has 33 heavy (non-hydrogen) atoms. The van der Waals surface area contributed by atoms with Gasteiger partial charge >= 0.3 is 6.03 Å². The van der Waals surface area contributed by atoms with Gasteiger partial charge in [-0.05, 0) is 59.7 Å². The van der Waals surface area contributed by atoms with Crippen LogP contribution in [0, 0.1) is 5.82 Å². The zero-order valence-corrected chi connectivity index (χ0v) is 18.4. The molecule has 4 amide bonds. The number of amides is 4. The van der Waals surface area contributed by atoms with Crippen molar-refractivity contribution in [3.63, 3.8) is 0 Å². The molecule has 1 saturated heterocycles. The van der Waals surface area contributed by atoms with Gasteiger partial charge in [0.05, 0.1) is 15.7 Å². The Morgan fingerprint density at radius 1 is 0.909 bits per heavy atom. The van der Waals surface area contributed by atoms with Crippen LogP contribution in [0.15, 0.2) is 72.3 Å². The second kappa shape index (κ2) is 9.44. The molecule has 0 atom stereocenters. The molecular formula is C24H15Cl2FN2O4. The van der Waals surface area contributed by atoms with Crippen LogP contribution in [0.3, 0.4) is 0 Å². The van der Waals surface area contributed by atoms with Crippen LogP contribution in [0.25, 0.3) is 6.08 Å². The van der Waals surface area contributed by atoms with Crippen molar-refractivity contribution in [3.05, 3.63) is 99.3 Å². The van der Waals surface area contributed by atoms with Crippen LogP contribution in [-0.4, -0.2) is 17.8 Å². The van der Waals surface area contributed by atoms with Gasteiger partial charge in [0, 0.05) is 0 Å². The molecule has 1 N–H and O–H groups in total. The number of urea groups is 1. The van der Waals surface area contributed by atoms with E-state index in [1.165, 1.54) is 36.4 Å². The average Bonchev–Trinajstić information content (AvgIpc) is 2.79. The minimum atomic E-state index is -0.884. The molecule has 1 fully saturated rings. The molecule has 4 rings (SSSR count). The number of imide groups is 2. The number of nitrogens with one attached hydrogen (secondary N) is 1. The zero-order valence-electron chi connectivity index (χ0n) is 16.8. The summed E-state index contributed by atoms with van der Waals surface area (Å²) < 4.78 is 18.6. The number of hydrogen-bond donors (Lipinski definition) is 1. The van der Waals surface area contributed by atoms with Crippen molar-refractivity contribution in [1.82, 2.24) is 5.32 Å². The van der Waals surface area contributed by atoms with E-state index in [9.17, 15) is 18.8 Å². The Balaban J connectivity index is 1.52. The summed E-state index contributed by atoms with van der Waals surface area (Å²) in [5.74, 6) is -1.37. The van der Waals surface area contributed by atoms with Crippen molar-refractivity contribution < 1.29 is 23.5 Å². The highest BCUT2D eigenvalue weighted by Gasteiger charge is 2.37. The SMILES string of the molecule is O=C1NC(=O)N(c2ccc(Cl)c(Cl)c2)C(=O)/C1=C/c1ccc(OCc2ccc(F)cc2)cc1. The molecule has 9 heteroatoms. The number of halogens is 3. The summed E-state index contributed by atoms with van der Waals surface area (Å²) >= 11 is 11.9. The lowest BCUT2D eigenvalue weighted by Crippen LogP contribution is -2.54. The normalized spacial score (nSPS) is 15.1. The summed E-state index contributed by atoms with van der Waals surface area (Å²) in [6, 6.07) is 16.0. The smallest absolute Gasteiger partial charge is 0.335 e. The number of rotatable bonds is 5. The summed E-state index contributed by atoms with van der Waals surface area (Å²) in [6.45, 7) is 0.252. The predicted octanol–water partition coefficient (Wildman–Crippen LogP) is 5.38. The molecule has 1 heterocycles. The summed E-state index contributed by atoms with van der Waals surface area (Å²) in [7, 11) is 0. The maximum atomic E-state index is 13.0. The van der Waals surface area contributed by atoms with Gasteiger partial charge in [-0.15, -0.1) is 0 Å². The van der Waals surface area contributed by atoms with Crippen molar-refractivity contribution in [2.45, 2.75) is 6.61 Å². The van der Waals surface area contributed by atoms with Gasteiger partial charge in [-0.25, -0.2) is 14.1 Å². The second-order valence-corrected chi connectivity index (χ2v) is 7.85. The Labute approximate surface area is 198 Å². The highest BCUT2D eigenvalue weighted by Crippen LogP contribution is 2.29. The first-order chi connectivity index (χ1) is 15.8. The van der Waals surface area contributed by atoms with Gasteiger partial charge in [-0.3, -0.25) is 14.9 Å². The van der Waals surface area contributed by atoms with E-state index >= 15 is 0 Å². The number of anilines is 1. The van der Waals surface area contributed by atoms with Crippen molar-refractivity contribution in [3.8, 4) is 5.75 Å². The van der Waals surface area contributed by atoms with E-state index in [1.54, 1.807) is 36.4 Å². The van der Waals surface area contributed by atoms with Crippen molar-refractivity contribution in [2.75, 3.05) is 4.90 Å². The molecule has 0 spiro atoms. The molecule has 1 aliphatic rings. The van der Waals surface area contributed by atoms with E-state index < -0.39 is 17.8 Å². The van der Waals surface area contributed by atoms with Crippen LogP contribution >= 0.6 is 23.2 Å². The van der Waals surface area contributed by atoms with E-state index in [2.05, 4.69) is 5.32 Å². The van der Waals surface area contributed by atoms with E-state index in [0.29, 0.717) is 11.3 Å². The third-order valence-corrected chi connectivity index (χ3v) is 5.51. The summed E-state index contributed by atoms with van der Waals surface area (Å²) in [4.78, 5) is 38.4. The first-order valence-corrected chi connectivity index (χ1v) is 10.4. The van der Waals surface area contributed by atoms with Crippen molar-refractivity contribution >= 4 is 52.8 Å². The molecule has 6 nitrogen and oxygen atoms in total. The zero-order chi connectivity index (χ0) is 23.5. The quantitative estimate of drug-likeness (QED) is 0.389. The third kappa shape index (κ3) is 5.05. The topological polar surface area (TPSA) is 75.7 Å². The Morgan fingerprint density at radius 3 is 2.27 bits per heavy atom. The number of carbonyl (C=O) groups is 3. The number of carbonyl (C=O) groups excluding carboxylic acids is 3. The predicted molar refractivity (Wildman–Crippen MR) is 123 cm³/mol. The Bertz CT molecular complexity index is 1270. The molecule has 0 saturated carbocycles. The Hall–Kier alpha value is -3.68. The Morgan fingerprint density at radius 2 is 1.61 bits per heavy atom. The van der Waals surface area contributed by atoms with Gasteiger partial charge in [0.1, 0.15) is 23.7 Å². The first-order valence-electron chi connectivity index (χ1n) is 9.65. The maximum absolute atomic E-state index is 13.0. The average molecular weight is 485 g/mol. The number of ether oxygens (including phenoxy) is 1. The van der Waals surface area contributed by atoms with Crippen molar-refractivity contribution in [1.29, 1.82) is 0 Å². The molecule has 0 radical (unpaired) electrons. The standard InChI is InChI=1S/C24H15Cl2FN2O4/c25-20-10-7-17(12-21(20)26)29-23(31)19(22(30)28-24(29)32)11-14-3-8-18(9-4-14)33-13-15-1-5-16(27)6-2-15/h1-12H,13H2,(H,28,30,32)/b19-11+. The minimum absolute atomic E-state index is 0.161. The van der Waals surface area contributed by atoms with Crippen LogP contribution < -0.4 is 15.0 Å². The minimum Gasteiger partial charge on any atom is -0.489 e. The third-order valence-electron chi connectivity index (χ3n) is 4.77. The second-order valence-electron chi connectivity index (χ2n) is 7.04. The fourth-order valence-electron chi connectivity index (χ4n) is 3.09. The number of benzene rings is 3. The lowest BCUT2D eigenvalue weighted by Gasteiger charge is -2.26. The molecule has 0 bridgehead atoms. The van der Waals surface area contributed by atoms with E-state index in [4.69, 9.17) is 27.9 Å². The first kappa shape index (κ1) is 22.5. The van der Waals surface area contributed by atoms with Crippen LogP contribution in [0.5, 0.6) is 5.75 Å². The molecule has 0 aromatic heterocycles. The van der Waals surface area contributed by atoms with Crippen molar-refractivity contribution in [2.24, 2.45) is 0 Å². The van der Waals surface area contributed by atoms with E-state index in [1.807, 2.05) is 0 Å². The monoisotopic (exact) mass is 484 g/mol. The number of hydrogen-bond acceptors (Lipinski definition) is 4. The van der Waals surface area contributed by atoms with Crippen LogP contribution in [0.1, 0.15) is 11.1 Å². The lowest BCUT2D eigenvalue weighted by atomic mass is 10.1. The Kier molecular flexibility index (Phi) is 6.44. The molecule has 3 aromatic carbocycles. The summed E-state index contributed by atoms with van der Waals surface area (Å²) in [5, 5.41) is 2.57. The largest absolute Gasteiger partial charge is 0.489 e. The van der Waals surface area contributed by atoms with Crippen LogP contribution in [-0.2, 0) is 16.2 Å². The van der Waals surface area contributed by atoms with E-state index in [-0.39, 0.29) is 33.7 Å². The van der Waals surface area contributed by atoms with Gasteiger partial charge in [0.25, 0.3) is 11.8 Å². The van der Waals surface area contributed by atoms with Gasteiger partial charge in [0.15, 0.2) is 0 Å². The molecule has 1 aliphatic heterocycles. The highest BCUT2D eigenvalue weighted by atomic mass is 35.5. The van der Waals surface area contributed by atoms with Gasteiger partial charge in [-0.2, -0.15) is 0 Å². The van der Waals surface area contributed by atoms with Gasteiger partial charge in [0.2, 0.25) is 0 Å². The molecule has 0 unspecified atom stereocenters. The molecule has 0 aliphatic carbocycles. The van der Waals surface area contributed by atoms with Crippen LogP contribution in [0.2, 0.25) is 10.0 Å². The summed E-state index contributed by atoms with van der Waals surface area (Å²) in [5.41, 5.74) is 1.31. The molecular weight excluding hydrogens is 470 g/mol. The maximum Gasteiger partial charge on any atom is 0.335 e. The molecule has 166 valence electrons. The number of barbiturate groups is 1. The van der Waals surface area contributed by atoms with Crippen LogP contribution in [0.4, 0.5) is 14.9 Å². The highest BCUT2D eigenvalue weighted by molar-refractivity contribution is 6.43. The van der Waals surface area contributed by atoms with Gasteiger partial charge < -0.3 is 4.74 Å². The van der Waals surface area contributed by atoms with Gasteiger partial charge in [-0.1, -0.05) is 47.5 Å². The lowest BCUT2D eigenvalue weighted by molar-refractivity contribution is -0.122. The summed E-state index contributed by atoms with van der Waals surface area (Å²) in [6.07, 6.45) is 1.37. The molecule has 3 aromatic rings. The fraction of sp³-hybridized carbons (Fsp3) is 0.0417.